The van der Waals surface area contributed by atoms with E-state index in [1.54, 1.807) is 7.05 Å². The van der Waals surface area contributed by atoms with Crippen molar-refractivity contribution in [1.82, 2.24) is 14.9 Å². The van der Waals surface area contributed by atoms with E-state index in [0.717, 1.165) is 66.2 Å². The van der Waals surface area contributed by atoms with Gasteiger partial charge in [0.2, 0.25) is 11.9 Å². The zero-order valence-corrected chi connectivity index (χ0v) is 18.8. The Labute approximate surface area is 184 Å². The third-order valence-electron chi connectivity index (χ3n) is 7.04. The zero-order valence-electron chi connectivity index (χ0n) is 18.0. The molecule has 6 heteroatoms. The first-order chi connectivity index (χ1) is 14.7. The summed E-state index contributed by atoms with van der Waals surface area (Å²) >= 11 is 5.92. The summed E-state index contributed by atoms with van der Waals surface area (Å²) < 4.78 is 3.10. The molecule has 4 rings (SSSR count). The third-order valence-corrected chi connectivity index (χ3v) is 7.48. The van der Waals surface area contributed by atoms with Crippen LogP contribution in [0.15, 0.2) is 24.3 Å². The van der Waals surface area contributed by atoms with Gasteiger partial charge < -0.3 is 15.2 Å². The van der Waals surface area contributed by atoms with Gasteiger partial charge in [0.15, 0.2) is 0 Å². The Morgan fingerprint density at radius 3 is 2.53 bits per heavy atom. The number of amides is 1. The predicted octanol–water partition coefficient (Wildman–Crippen LogP) is 5.31. The van der Waals surface area contributed by atoms with Gasteiger partial charge in [0.05, 0.1) is 5.52 Å². The van der Waals surface area contributed by atoms with Crippen LogP contribution >= 0.6 is 12.2 Å². The van der Waals surface area contributed by atoms with Gasteiger partial charge in [-0.2, -0.15) is 0 Å². The highest BCUT2D eigenvalue weighted by molar-refractivity contribution is 7.71. The van der Waals surface area contributed by atoms with Crippen molar-refractivity contribution in [3.8, 4) is 0 Å². The van der Waals surface area contributed by atoms with E-state index in [9.17, 15) is 4.79 Å². The minimum Gasteiger partial charge on any atom is -0.359 e. The topological polar surface area (TPSA) is 59.0 Å². The number of rotatable bonds is 6. The minimum absolute atomic E-state index is 0.165. The monoisotopic (exact) mass is 426 g/mol. The lowest BCUT2D eigenvalue weighted by Gasteiger charge is -2.29. The fourth-order valence-electron chi connectivity index (χ4n) is 5.17. The molecule has 1 aromatic carbocycles. The van der Waals surface area contributed by atoms with Gasteiger partial charge in [0.25, 0.3) is 0 Å². The molecule has 0 spiro atoms. The van der Waals surface area contributed by atoms with Crippen LogP contribution in [-0.4, -0.2) is 29.1 Å². The number of nitrogens with one attached hydrogen (secondary N) is 2. The molecular formula is C24H34N4OS. The molecule has 2 aromatic rings. The molecule has 2 aliphatic rings. The Balaban J connectivity index is 1.53. The molecule has 2 fully saturated rings. The number of fused-ring (bicyclic) bond motifs is 1. The van der Waals surface area contributed by atoms with E-state index in [1.165, 1.54) is 32.1 Å². The van der Waals surface area contributed by atoms with Crippen molar-refractivity contribution in [3.05, 3.63) is 28.9 Å². The Bertz CT molecular complexity index is 926. The van der Waals surface area contributed by atoms with Gasteiger partial charge in [-0.25, -0.2) is 4.98 Å². The highest BCUT2D eigenvalue weighted by Gasteiger charge is 2.26. The van der Waals surface area contributed by atoms with Crippen LogP contribution in [0.4, 0.5) is 5.95 Å². The van der Waals surface area contributed by atoms with Gasteiger partial charge in [-0.1, -0.05) is 43.6 Å². The molecule has 0 bridgehead atoms. The third kappa shape index (κ3) is 4.85. The van der Waals surface area contributed by atoms with Crippen LogP contribution in [0.5, 0.6) is 0 Å². The first kappa shape index (κ1) is 21.3. The van der Waals surface area contributed by atoms with Crippen molar-refractivity contribution in [3.63, 3.8) is 0 Å². The Morgan fingerprint density at radius 2 is 1.80 bits per heavy atom. The van der Waals surface area contributed by atoms with Crippen LogP contribution in [-0.2, 0) is 11.3 Å². The minimum atomic E-state index is 0.165. The van der Waals surface area contributed by atoms with Crippen molar-refractivity contribution in [2.24, 2.45) is 17.8 Å². The molecule has 2 N–H and O–H groups in total. The summed E-state index contributed by atoms with van der Waals surface area (Å²) in [5.74, 6) is 2.54. The predicted molar refractivity (Wildman–Crippen MR) is 125 cm³/mol. The number of carbonyl (C=O) groups is 1. The number of carbonyl (C=O) groups excluding carboxylic acids is 1. The van der Waals surface area contributed by atoms with Crippen LogP contribution in [0, 0.1) is 22.4 Å². The fraction of sp³-hybridized carbons (Fsp3) is 0.625. The Hall–Kier alpha value is -1.95. The molecule has 0 saturated heterocycles. The number of hydrogen-bond acceptors (Lipinski definition) is 4. The van der Waals surface area contributed by atoms with E-state index in [2.05, 4.69) is 27.3 Å². The van der Waals surface area contributed by atoms with Crippen molar-refractivity contribution in [2.45, 2.75) is 64.3 Å². The van der Waals surface area contributed by atoms with E-state index in [0.29, 0.717) is 5.92 Å². The maximum Gasteiger partial charge on any atom is 0.222 e. The summed E-state index contributed by atoms with van der Waals surface area (Å²) in [5.41, 5.74) is 0.966. The van der Waals surface area contributed by atoms with E-state index in [-0.39, 0.29) is 11.8 Å². The van der Waals surface area contributed by atoms with Crippen molar-refractivity contribution >= 4 is 35.0 Å². The molecule has 0 aliphatic heterocycles. The number of anilines is 1. The van der Waals surface area contributed by atoms with E-state index in [1.807, 2.05) is 12.1 Å². The van der Waals surface area contributed by atoms with Crippen LogP contribution in [0.3, 0.4) is 0 Å². The largest absolute Gasteiger partial charge is 0.359 e. The first-order valence-electron chi connectivity index (χ1n) is 11.6. The molecular weight excluding hydrogens is 392 g/mol. The number of aromatic nitrogens is 2. The van der Waals surface area contributed by atoms with Crippen molar-refractivity contribution in [2.75, 3.05) is 18.9 Å². The molecule has 0 atom stereocenters. The fourth-order valence-corrected chi connectivity index (χ4v) is 5.50. The number of nitrogens with zero attached hydrogens (tertiary/aromatic N) is 2. The second-order valence-corrected chi connectivity index (χ2v) is 9.47. The van der Waals surface area contributed by atoms with Gasteiger partial charge in [-0.15, -0.1) is 0 Å². The van der Waals surface area contributed by atoms with Crippen LogP contribution in [0.25, 0.3) is 10.9 Å². The van der Waals surface area contributed by atoms with E-state index < -0.39 is 0 Å². The highest BCUT2D eigenvalue weighted by Crippen LogP contribution is 2.31. The molecule has 1 heterocycles. The van der Waals surface area contributed by atoms with Crippen molar-refractivity contribution < 1.29 is 4.79 Å². The first-order valence-corrected chi connectivity index (χ1v) is 12.0. The lowest BCUT2D eigenvalue weighted by molar-refractivity contribution is -0.125. The number of para-hydroxylation sites is 1. The summed E-state index contributed by atoms with van der Waals surface area (Å²) in [5, 5.41) is 7.52. The summed E-state index contributed by atoms with van der Waals surface area (Å²) in [4.78, 5) is 16.9. The molecule has 2 aliphatic carbocycles. The summed E-state index contributed by atoms with van der Waals surface area (Å²) in [6.07, 6.45) is 10.7. The van der Waals surface area contributed by atoms with Crippen LogP contribution in [0.1, 0.15) is 57.8 Å². The summed E-state index contributed by atoms with van der Waals surface area (Å²) in [7, 11) is 1.73. The number of benzene rings is 1. The number of hydrogen-bond donors (Lipinski definition) is 2. The standard InChI is InChI=1S/C24H34N4OS/c1-25-22(29)19-13-11-18(12-14-19)16-28-23(30)20-9-5-6-10-21(20)27-24(28)26-15-17-7-3-2-4-8-17/h5-6,9-10,17-19H,2-4,7-8,11-16H2,1H3,(H,25,29)(H,26,27). The van der Waals surface area contributed by atoms with E-state index in [4.69, 9.17) is 17.2 Å². The SMILES string of the molecule is CNC(=O)C1CCC(Cn2c(NCC3CCCCC3)nc3ccccc3c2=S)CC1. The molecule has 2 saturated carbocycles. The molecule has 0 unspecified atom stereocenters. The normalized spacial score (nSPS) is 22.7. The second-order valence-electron chi connectivity index (χ2n) is 9.09. The quantitative estimate of drug-likeness (QED) is 0.615. The van der Waals surface area contributed by atoms with Gasteiger partial charge in [-0.3, -0.25) is 4.79 Å². The van der Waals surface area contributed by atoms with Crippen molar-refractivity contribution in [1.29, 1.82) is 0 Å². The van der Waals surface area contributed by atoms with Gasteiger partial charge in [0.1, 0.15) is 4.64 Å². The molecule has 5 nitrogen and oxygen atoms in total. The van der Waals surface area contributed by atoms with E-state index >= 15 is 0 Å². The van der Waals surface area contributed by atoms with Gasteiger partial charge in [0, 0.05) is 31.4 Å². The van der Waals surface area contributed by atoms with Crippen LogP contribution < -0.4 is 10.6 Å². The molecule has 1 aromatic heterocycles. The average molecular weight is 427 g/mol. The maximum absolute atomic E-state index is 12.0. The lowest BCUT2D eigenvalue weighted by atomic mass is 9.81. The molecule has 0 radical (unpaired) electrons. The molecule has 1 amide bonds. The Kier molecular flexibility index (Phi) is 7.03. The Morgan fingerprint density at radius 1 is 1.07 bits per heavy atom. The summed E-state index contributed by atoms with van der Waals surface area (Å²) in [6.45, 7) is 1.85. The average Bonchev–Trinajstić information content (AvgIpc) is 2.80. The van der Waals surface area contributed by atoms with Crippen LogP contribution in [0.2, 0.25) is 0 Å². The maximum atomic E-state index is 12.0. The van der Waals surface area contributed by atoms with Gasteiger partial charge >= 0.3 is 0 Å². The smallest absolute Gasteiger partial charge is 0.222 e. The zero-order chi connectivity index (χ0) is 20.9. The molecule has 162 valence electrons. The summed E-state index contributed by atoms with van der Waals surface area (Å²) in [6, 6.07) is 8.19. The van der Waals surface area contributed by atoms with Gasteiger partial charge in [-0.05, 0) is 62.5 Å². The lowest BCUT2D eigenvalue weighted by Crippen LogP contribution is -2.31. The second kappa shape index (κ2) is 9.90. The molecule has 30 heavy (non-hydrogen) atoms. The highest BCUT2D eigenvalue weighted by atomic mass is 32.1.